The molecule has 1 unspecified atom stereocenters. The number of amides is 1. The average molecular weight is 284 g/mol. The summed E-state index contributed by atoms with van der Waals surface area (Å²) < 4.78 is 4.96. The van der Waals surface area contributed by atoms with Crippen LogP contribution in [0.4, 0.5) is 0 Å². The van der Waals surface area contributed by atoms with Crippen molar-refractivity contribution in [3.63, 3.8) is 0 Å². The van der Waals surface area contributed by atoms with Gasteiger partial charge in [0.2, 0.25) is 5.91 Å². The number of hydrogen-bond donors (Lipinski definition) is 0. The molecular weight excluding hydrogens is 256 g/mol. The first-order valence-electron chi connectivity index (χ1n) is 7.72. The Morgan fingerprint density at radius 1 is 1.30 bits per heavy atom. The lowest BCUT2D eigenvalue weighted by atomic mass is 10.0. The van der Waals surface area contributed by atoms with E-state index in [0.717, 1.165) is 32.5 Å². The van der Waals surface area contributed by atoms with Gasteiger partial charge in [0.1, 0.15) is 0 Å². The Hall–Kier alpha value is -1.10. The summed E-state index contributed by atoms with van der Waals surface area (Å²) in [5.41, 5.74) is 0. The van der Waals surface area contributed by atoms with Gasteiger partial charge in [-0.2, -0.15) is 0 Å². The third-order valence-corrected chi connectivity index (χ3v) is 3.57. The van der Waals surface area contributed by atoms with Crippen molar-refractivity contribution in [2.24, 2.45) is 5.92 Å². The van der Waals surface area contributed by atoms with Gasteiger partial charge in [-0.15, -0.1) is 0 Å². The number of carbonyl (C=O) groups is 2. The molecule has 116 valence electrons. The SMILES string of the molecule is CCCN(CC(=O)OCC)CC(=O)N1CCCC(C)C1. The van der Waals surface area contributed by atoms with Gasteiger partial charge in [0.05, 0.1) is 19.7 Å². The van der Waals surface area contributed by atoms with Crippen LogP contribution < -0.4 is 0 Å². The number of hydrogen-bond acceptors (Lipinski definition) is 4. The number of carbonyl (C=O) groups excluding carboxylic acids is 2. The molecule has 1 atom stereocenters. The molecular formula is C15H28N2O3. The van der Waals surface area contributed by atoms with Crippen LogP contribution in [0.25, 0.3) is 0 Å². The smallest absolute Gasteiger partial charge is 0.320 e. The van der Waals surface area contributed by atoms with Gasteiger partial charge in [-0.1, -0.05) is 13.8 Å². The molecule has 0 spiro atoms. The first-order valence-corrected chi connectivity index (χ1v) is 7.72. The van der Waals surface area contributed by atoms with Crippen molar-refractivity contribution in [1.29, 1.82) is 0 Å². The molecule has 0 aliphatic carbocycles. The van der Waals surface area contributed by atoms with Gasteiger partial charge in [-0.25, -0.2) is 0 Å². The van der Waals surface area contributed by atoms with E-state index in [9.17, 15) is 9.59 Å². The fraction of sp³-hybridized carbons (Fsp3) is 0.867. The highest BCUT2D eigenvalue weighted by molar-refractivity contribution is 5.79. The molecule has 0 radical (unpaired) electrons. The van der Waals surface area contributed by atoms with Crippen molar-refractivity contribution in [1.82, 2.24) is 9.80 Å². The van der Waals surface area contributed by atoms with E-state index in [1.165, 1.54) is 6.42 Å². The standard InChI is InChI=1S/C15H28N2O3/c1-4-8-16(12-15(19)20-5-2)11-14(18)17-9-6-7-13(3)10-17/h13H,4-12H2,1-3H3. The molecule has 1 amide bonds. The van der Waals surface area contributed by atoms with Crippen molar-refractivity contribution in [3.05, 3.63) is 0 Å². The van der Waals surface area contributed by atoms with Gasteiger partial charge in [0, 0.05) is 13.1 Å². The summed E-state index contributed by atoms with van der Waals surface area (Å²) in [5, 5.41) is 0. The largest absolute Gasteiger partial charge is 0.465 e. The minimum Gasteiger partial charge on any atom is -0.465 e. The van der Waals surface area contributed by atoms with Gasteiger partial charge < -0.3 is 9.64 Å². The number of rotatable bonds is 7. The predicted octanol–water partition coefficient (Wildman–Crippen LogP) is 1.52. The highest BCUT2D eigenvalue weighted by Gasteiger charge is 2.23. The monoisotopic (exact) mass is 284 g/mol. The summed E-state index contributed by atoms with van der Waals surface area (Å²) in [4.78, 5) is 27.7. The molecule has 5 nitrogen and oxygen atoms in total. The van der Waals surface area contributed by atoms with E-state index >= 15 is 0 Å². The molecule has 5 heteroatoms. The first-order chi connectivity index (χ1) is 9.56. The van der Waals surface area contributed by atoms with Crippen molar-refractivity contribution >= 4 is 11.9 Å². The van der Waals surface area contributed by atoms with E-state index in [-0.39, 0.29) is 18.4 Å². The number of piperidine rings is 1. The van der Waals surface area contributed by atoms with Crippen LogP contribution in [0.2, 0.25) is 0 Å². The second kappa shape index (κ2) is 8.95. The van der Waals surface area contributed by atoms with Crippen LogP contribution >= 0.6 is 0 Å². The van der Waals surface area contributed by atoms with Crippen LogP contribution in [0.1, 0.15) is 40.0 Å². The van der Waals surface area contributed by atoms with E-state index in [1.54, 1.807) is 6.92 Å². The highest BCUT2D eigenvalue weighted by atomic mass is 16.5. The van der Waals surface area contributed by atoms with E-state index < -0.39 is 0 Å². The quantitative estimate of drug-likeness (QED) is 0.665. The molecule has 0 bridgehead atoms. The van der Waals surface area contributed by atoms with Crippen LogP contribution in [-0.4, -0.2) is 61.0 Å². The molecule has 1 aliphatic heterocycles. The fourth-order valence-electron chi connectivity index (χ4n) is 2.63. The Morgan fingerprint density at radius 2 is 2.05 bits per heavy atom. The topological polar surface area (TPSA) is 49.9 Å². The van der Waals surface area contributed by atoms with Crippen LogP contribution in [0.5, 0.6) is 0 Å². The van der Waals surface area contributed by atoms with Crippen LogP contribution in [-0.2, 0) is 14.3 Å². The van der Waals surface area contributed by atoms with E-state index in [0.29, 0.717) is 19.1 Å². The second-order valence-corrected chi connectivity index (χ2v) is 5.60. The Morgan fingerprint density at radius 3 is 2.65 bits per heavy atom. The average Bonchev–Trinajstić information content (AvgIpc) is 2.39. The third-order valence-electron chi connectivity index (χ3n) is 3.57. The first kappa shape index (κ1) is 17.0. The van der Waals surface area contributed by atoms with E-state index in [1.807, 2.05) is 16.7 Å². The highest BCUT2D eigenvalue weighted by Crippen LogP contribution is 2.15. The maximum absolute atomic E-state index is 12.3. The lowest BCUT2D eigenvalue weighted by molar-refractivity contribution is -0.145. The predicted molar refractivity (Wildman–Crippen MR) is 78.3 cm³/mol. The van der Waals surface area contributed by atoms with Crippen molar-refractivity contribution in [2.45, 2.75) is 40.0 Å². The van der Waals surface area contributed by atoms with Gasteiger partial charge >= 0.3 is 5.97 Å². The van der Waals surface area contributed by atoms with Gasteiger partial charge in [0.25, 0.3) is 0 Å². The molecule has 0 saturated carbocycles. The maximum Gasteiger partial charge on any atom is 0.320 e. The third kappa shape index (κ3) is 5.90. The Kier molecular flexibility index (Phi) is 7.59. The molecule has 1 fully saturated rings. The number of esters is 1. The number of ether oxygens (including phenoxy) is 1. The normalized spacial score (nSPS) is 19.2. The summed E-state index contributed by atoms with van der Waals surface area (Å²) in [6, 6.07) is 0. The molecule has 0 N–H and O–H groups in total. The van der Waals surface area contributed by atoms with Gasteiger partial charge in [0.15, 0.2) is 0 Å². The molecule has 1 heterocycles. The summed E-state index contributed by atoms with van der Waals surface area (Å²) in [7, 11) is 0. The zero-order valence-corrected chi connectivity index (χ0v) is 13.1. The zero-order chi connectivity index (χ0) is 15.0. The van der Waals surface area contributed by atoms with E-state index in [2.05, 4.69) is 6.92 Å². The fourth-order valence-corrected chi connectivity index (χ4v) is 2.63. The lowest BCUT2D eigenvalue weighted by Gasteiger charge is -2.32. The molecule has 0 aromatic heterocycles. The Labute approximate surface area is 122 Å². The summed E-state index contributed by atoms with van der Waals surface area (Å²) >= 11 is 0. The summed E-state index contributed by atoms with van der Waals surface area (Å²) in [6.07, 6.45) is 3.20. The zero-order valence-electron chi connectivity index (χ0n) is 13.1. The van der Waals surface area contributed by atoms with Crippen molar-refractivity contribution < 1.29 is 14.3 Å². The molecule has 0 aromatic rings. The van der Waals surface area contributed by atoms with Gasteiger partial charge in [-0.3, -0.25) is 14.5 Å². The van der Waals surface area contributed by atoms with Crippen LogP contribution in [0.15, 0.2) is 0 Å². The number of likely N-dealkylation sites (tertiary alicyclic amines) is 1. The molecule has 20 heavy (non-hydrogen) atoms. The Balaban J connectivity index is 2.46. The minimum absolute atomic E-state index is 0.134. The molecule has 1 aliphatic rings. The second-order valence-electron chi connectivity index (χ2n) is 5.60. The summed E-state index contributed by atoms with van der Waals surface area (Å²) in [5.74, 6) is 0.465. The lowest BCUT2D eigenvalue weighted by Crippen LogP contribution is -2.46. The van der Waals surface area contributed by atoms with Crippen molar-refractivity contribution in [3.8, 4) is 0 Å². The van der Waals surface area contributed by atoms with Crippen molar-refractivity contribution in [2.75, 3.05) is 39.3 Å². The Bertz CT molecular complexity index is 320. The summed E-state index contributed by atoms with van der Waals surface area (Å²) in [6.45, 7) is 9.37. The maximum atomic E-state index is 12.3. The van der Waals surface area contributed by atoms with Crippen LogP contribution in [0, 0.1) is 5.92 Å². The minimum atomic E-state index is -0.249. The molecule has 1 rings (SSSR count). The van der Waals surface area contributed by atoms with E-state index in [4.69, 9.17) is 4.74 Å². The van der Waals surface area contributed by atoms with Gasteiger partial charge in [-0.05, 0) is 38.6 Å². The van der Waals surface area contributed by atoms with Crippen LogP contribution in [0.3, 0.4) is 0 Å². The molecule has 0 aromatic carbocycles. The number of nitrogens with zero attached hydrogens (tertiary/aromatic N) is 2. The molecule has 1 saturated heterocycles.